The minimum absolute atomic E-state index is 0.777. The Morgan fingerprint density at radius 1 is 1.31 bits per heavy atom. The fourth-order valence-electron chi connectivity index (χ4n) is 2.40. The first kappa shape index (κ1) is 9.47. The highest BCUT2D eigenvalue weighted by atomic mass is 15.2. The van der Waals surface area contributed by atoms with E-state index >= 15 is 0 Å². The summed E-state index contributed by atoms with van der Waals surface area (Å²) in [6.07, 6.45) is 7.36. The van der Waals surface area contributed by atoms with Crippen LogP contribution in [0, 0.1) is 5.92 Å². The van der Waals surface area contributed by atoms with Crippen LogP contribution >= 0.6 is 0 Å². The van der Waals surface area contributed by atoms with Crippen molar-refractivity contribution >= 4 is 0 Å². The molecule has 13 heavy (non-hydrogen) atoms. The van der Waals surface area contributed by atoms with Crippen LogP contribution in [0.3, 0.4) is 0 Å². The van der Waals surface area contributed by atoms with Gasteiger partial charge in [0.2, 0.25) is 0 Å². The molecule has 0 aromatic rings. The first-order chi connectivity index (χ1) is 6.34. The van der Waals surface area contributed by atoms with E-state index in [4.69, 9.17) is 0 Å². The quantitative estimate of drug-likeness (QED) is 0.711. The number of hydrogen-bond donors (Lipinski definition) is 1. The molecule has 1 N–H and O–H groups in total. The van der Waals surface area contributed by atoms with Gasteiger partial charge in [-0.3, -0.25) is 0 Å². The molecule has 0 amide bonds. The van der Waals surface area contributed by atoms with Crippen molar-refractivity contribution < 1.29 is 0 Å². The van der Waals surface area contributed by atoms with E-state index in [-0.39, 0.29) is 0 Å². The van der Waals surface area contributed by atoms with Crippen molar-refractivity contribution in [2.75, 3.05) is 26.7 Å². The van der Waals surface area contributed by atoms with Crippen molar-refractivity contribution in [3.8, 4) is 0 Å². The molecule has 2 rings (SSSR count). The van der Waals surface area contributed by atoms with E-state index < -0.39 is 0 Å². The molecule has 2 aliphatic rings. The van der Waals surface area contributed by atoms with E-state index in [0.29, 0.717) is 0 Å². The van der Waals surface area contributed by atoms with Gasteiger partial charge in [-0.1, -0.05) is 19.3 Å². The topological polar surface area (TPSA) is 15.3 Å². The summed E-state index contributed by atoms with van der Waals surface area (Å²) in [6.45, 7) is 3.67. The molecule has 0 spiro atoms. The first-order valence-corrected chi connectivity index (χ1v) is 5.76. The molecule has 1 heterocycles. The molecule has 1 saturated heterocycles. The van der Waals surface area contributed by atoms with Gasteiger partial charge in [0.15, 0.2) is 0 Å². The van der Waals surface area contributed by atoms with Crippen molar-refractivity contribution in [1.29, 1.82) is 0 Å². The Kier molecular flexibility index (Phi) is 3.23. The lowest BCUT2D eigenvalue weighted by atomic mass is 9.81. The van der Waals surface area contributed by atoms with Gasteiger partial charge in [0.25, 0.3) is 0 Å². The summed E-state index contributed by atoms with van der Waals surface area (Å²) in [4.78, 5) is 2.45. The summed E-state index contributed by atoms with van der Waals surface area (Å²) < 4.78 is 0. The Balaban J connectivity index is 1.62. The molecule has 2 nitrogen and oxygen atoms in total. The number of nitrogens with zero attached hydrogens (tertiary/aromatic N) is 1. The zero-order valence-electron chi connectivity index (χ0n) is 8.76. The van der Waals surface area contributed by atoms with Gasteiger partial charge in [-0.2, -0.15) is 0 Å². The van der Waals surface area contributed by atoms with Crippen LogP contribution < -0.4 is 5.32 Å². The van der Waals surface area contributed by atoms with E-state index in [0.717, 1.165) is 12.0 Å². The molecule has 1 aliphatic carbocycles. The van der Waals surface area contributed by atoms with Gasteiger partial charge >= 0.3 is 0 Å². The van der Waals surface area contributed by atoms with Crippen molar-refractivity contribution in [1.82, 2.24) is 10.2 Å². The molecule has 1 aliphatic heterocycles. The van der Waals surface area contributed by atoms with Crippen LogP contribution in [-0.2, 0) is 0 Å². The lowest BCUT2D eigenvalue weighted by molar-refractivity contribution is 0.208. The zero-order valence-corrected chi connectivity index (χ0v) is 8.76. The Bertz CT molecular complexity index is 154. The van der Waals surface area contributed by atoms with Crippen molar-refractivity contribution in [3.63, 3.8) is 0 Å². The molecule has 0 bridgehead atoms. The Labute approximate surface area is 81.7 Å². The number of likely N-dealkylation sites (N-methyl/N-ethyl adjacent to an activating group) is 1. The average molecular weight is 182 g/mol. The molecule has 76 valence electrons. The number of rotatable bonds is 3. The smallest absolute Gasteiger partial charge is 0.0195 e. The lowest BCUT2D eigenvalue weighted by Gasteiger charge is -2.33. The highest BCUT2D eigenvalue weighted by Gasteiger charge is 2.21. The largest absolute Gasteiger partial charge is 0.311 e. The minimum atomic E-state index is 0.777. The molecule has 0 aromatic heterocycles. The molecule has 0 aromatic carbocycles. The van der Waals surface area contributed by atoms with Crippen LogP contribution in [0.15, 0.2) is 0 Å². The lowest BCUT2D eigenvalue weighted by Crippen LogP contribution is -2.49. The fourth-order valence-corrected chi connectivity index (χ4v) is 2.40. The van der Waals surface area contributed by atoms with E-state index in [1.54, 1.807) is 0 Å². The molecular weight excluding hydrogens is 160 g/mol. The van der Waals surface area contributed by atoms with Crippen LogP contribution in [0.1, 0.15) is 32.1 Å². The third-order valence-corrected chi connectivity index (χ3v) is 3.61. The number of hydrogen-bond acceptors (Lipinski definition) is 2. The second kappa shape index (κ2) is 4.43. The molecule has 2 heteroatoms. The standard InChI is InChI=1S/C11H22N2/c1-13-8-7-12-11(9-13)6-5-10-3-2-4-10/h10-12H,2-9H2,1H3. The summed E-state index contributed by atoms with van der Waals surface area (Å²) in [5.41, 5.74) is 0. The third kappa shape index (κ3) is 2.68. The van der Waals surface area contributed by atoms with Gasteiger partial charge in [0, 0.05) is 25.7 Å². The predicted molar refractivity (Wildman–Crippen MR) is 55.9 cm³/mol. The maximum Gasteiger partial charge on any atom is 0.0195 e. The van der Waals surface area contributed by atoms with Gasteiger partial charge in [0.05, 0.1) is 0 Å². The van der Waals surface area contributed by atoms with Gasteiger partial charge < -0.3 is 10.2 Å². The van der Waals surface area contributed by atoms with Crippen LogP contribution in [0.25, 0.3) is 0 Å². The van der Waals surface area contributed by atoms with E-state index in [1.807, 2.05) is 0 Å². The molecule has 2 fully saturated rings. The normalized spacial score (nSPS) is 31.6. The fraction of sp³-hybridized carbons (Fsp3) is 1.00. The number of piperazine rings is 1. The molecule has 1 saturated carbocycles. The summed E-state index contributed by atoms with van der Waals surface area (Å²) in [5.74, 6) is 1.08. The van der Waals surface area contributed by atoms with Gasteiger partial charge in [-0.05, 0) is 25.8 Å². The molecular formula is C11H22N2. The highest BCUT2D eigenvalue weighted by molar-refractivity contribution is 4.79. The first-order valence-electron chi connectivity index (χ1n) is 5.76. The van der Waals surface area contributed by atoms with E-state index in [2.05, 4.69) is 17.3 Å². The Morgan fingerprint density at radius 2 is 2.15 bits per heavy atom. The maximum atomic E-state index is 3.61. The average Bonchev–Trinajstić information content (AvgIpc) is 2.01. The molecule has 0 radical (unpaired) electrons. The van der Waals surface area contributed by atoms with Crippen molar-refractivity contribution in [2.45, 2.75) is 38.1 Å². The summed E-state index contributed by atoms with van der Waals surface area (Å²) in [5, 5.41) is 3.61. The van der Waals surface area contributed by atoms with Crippen LogP contribution in [0.5, 0.6) is 0 Å². The molecule has 1 atom stereocenters. The zero-order chi connectivity index (χ0) is 9.10. The molecule has 1 unspecified atom stereocenters. The van der Waals surface area contributed by atoms with Crippen LogP contribution in [0.4, 0.5) is 0 Å². The van der Waals surface area contributed by atoms with Gasteiger partial charge in [-0.15, -0.1) is 0 Å². The number of nitrogens with one attached hydrogen (secondary N) is 1. The van der Waals surface area contributed by atoms with Crippen LogP contribution in [-0.4, -0.2) is 37.6 Å². The second-order valence-corrected chi connectivity index (χ2v) is 4.79. The highest BCUT2D eigenvalue weighted by Crippen LogP contribution is 2.30. The predicted octanol–water partition coefficient (Wildman–Crippen LogP) is 1.47. The van der Waals surface area contributed by atoms with Crippen molar-refractivity contribution in [2.24, 2.45) is 5.92 Å². The Morgan fingerprint density at radius 3 is 2.77 bits per heavy atom. The second-order valence-electron chi connectivity index (χ2n) is 4.79. The van der Waals surface area contributed by atoms with Gasteiger partial charge in [0.1, 0.15) is 0 Å². The van der Waals surface area contributed by atoms with E-state index in [9.17, 15) is 0 Å². The van der Waals surface area contributed by atoms with Gasteiger partial charge in [-0.25, -0.2) is 0 Å². The summed E-state index contributed by atoms with van der Waals surface area (Å²) >= 11 is 0. The van der Waals surface area contributed by atoms with Crippen molar-refractivity contribution in [3.05, 3.63) is 0 Å². The maximum absolute atomic E-state index is 3.61. The summed E-state index contributed by atoms with van der Waals surface area (Å²) in [6, 6.07) is 0.777. The summed E-state index contributed by atoms with van der Waals surface area (Å²) in [7, 11) is 2.23. The third-order valence-electron chi connectivity index (χ3n) is 3.61. The monoisotopic (exact) mass is 182 g/mol. The SMILES string of the molecule is CN1CCNC(CCC2CCC2)C1. The minimum Gasteiger partial charge on any atom is -0.311 e. The Hall–Kier alpha value is -0.0800. The van der Waals surface area contributed by atoms with Crippen LogP contribution in [0.2, 0.25) is 0 Å². The van der Waals surface area contributed by atoms with E-state index in [1.165, 1.54) is 51.7 Å².